The fourth-order valence-electron chi connectivity index (χ4n) is 2.43. The summed E-state index contributed by atoms with van der Waals surface area (Å²) in [6.07, 6.45) is 2.59. The lowest BCUT2D eigenvalue weighted by Gasteiger charge is -2.31. The van der Waals surface area contributed by atoms with Gasteiger partial charge in [-0.1, -0.05) is 0 Å². The Hall–Kier alpha value is -1.44. The normalized spacial score (nSPS) is 19.3. The number of nitrogens with zero attached hydrogens (tertiary/aromatic N) is 1. The van der Waals surface area contributed by atoms with E-state index in [1.165, 1.54) is 6.26 Å². The molecule has 108 valence electrons. The minimum atomic E-state index is -3.22. The first-order valence-electron chi connectivity index (χ1n) is 6.45. The van der Waals surface area contributed by atoms with Gasteiger partial charge in [0.1, 0.15) is 5.82 Å². The predicted octanol–water partition coefficient (Wildman–Crippen LogP) is 0.931. The van der Waals surface area contributed by atoms with Crippen LogP contribution in [0.3, 0.4) is 0 Å². The third-order valence-corrected chi connectivity index (χ3v) is 4.85. The zero-order chi connectivity index (χ0) is 14.4. The number of nitrogens with two attached hydrogens (primary N) is 1. The van der Waals surface area contributed by atoms with Gasteiger partial charge in [0.2, 0.25) is 0 Å². The number of hydrogen-bond acceptors (Lipinski definition) is 5. The number of rotatable bonds is 2. The third kappa shape index (κ3) is 2.32. The third-order valence-electron chi connectivity index (χ3n) is 3.74. The van der Waals surface area contributed by atoms with Crippen molar-refractivity contribution in [3.05, 3.63) is 24.0 Å². The number of ether oxygens (including phenoxy) is 1. The molecule has 1 saturated heterocycles. The smallest absolute Gasteiger partial charge is 0.175 e. The van der Waals surface area contributed by atoms with Crippen LogP contribution in [0.1, 0.15) is 18.7 Å². The van der Waals surface area contributed by atoms with E-state index in [2.05, 4.69) is 9.97 Å². The summed E-state index contributed by atoms with van der Waals surface area (Å²) in [5.74, 6) is 0.696. The molecule has 1 aromatic heterocycles. The van der Waals surface area contributed by atoms with Gasteiger partial charge in [0.05, 0.1) is 21.5 Å². The van der Waals surface area contributed by atoms with Crippen molar-refractivity contribution in [2.75, 3.05) is 19.5 Å². The maximum Gasteiger partial charge on any atom is 0.175 e. The topological polar surface area (TPSA) is 98.1 Å². The number of H-pyrrole nitrogens is 1. The number of hydrogen-bond donors (Lipinski definition) is 2. The fourth-order valence-corrected chi connectivity index (χ4v) is 3.07. The fraction of sp³-hybridized carbons (Fsp3) is 0.462. The molecular formula is C13H17N3O3S. The first kappa shape index (κ1) is 13.5. The van der Waals surface area contributed by atoms with Crippen molar-refractivity contribution < 1.29 is 13.2 Å². The Morgan fingerprint density at radius 1 is 1.35 bits per heavy atom. The van der Waals surface area contributed by atoms with Crippen molar-refractivity contribution in [1.29, 1.82) is 0 Å². The van der Waals surface area contributed by atoms with E-state index in [0.717, 1.165) is 5.52 Å². The highest BCUT2D eigenvalue weighted by atomic mass is 32.2. The number of imidazole rings is 1. The second-order valence-electron chi connectivity index (χ2n) is 5.31. The summed E-state index contributed by atoms with van der Waals surface area (Å²) < 4.78 is 28.5. The summed E-state index contributed by atoms with van der Waals surface area (Å²) in [4.78, 5) is 7.94. The molecule has 0 bridgehead atoms. The number of nitrogens with one attached hydrogen (secondary N) is 1. The zero-order valence-electron chi connectivity index (χ0n) is 11.2. The van der Waals surface area contributed by atoms with Gasteiger partial charge < -0.3 is 15.5 Å². The van der Waals surface area contributed by atoms with Crippen LogP contribution in [0.2, 0.25) is 0 Å². The summed E-state index contributed by atoms with van der Waals surface area (Å²) in [5.41, 5.74) is 7.27. The Morgan fingerprint density at radius 3 is 2.70 bits per heavy atom. The van der Waals surface area contributed by atoms with Crippen LogP contribution in [0, 0.1) is 0 Å². The van der Waals surface area contributed by atoms with Crippen molar-refractivity contribution in [3.8, 4) is 0 Å². The summed E-state index contributed by atoms with van der Waals surface area (Å²) in [5, 5.41) is 0. The van der Waals surface area contributed by atoms with E-state index in [1.807, 2.05) is 0 Å². The molecule has 1 aromatic carbocycles. The lowest BCUT2D eigenvalue weighted by molar-refractivity contribution is 0.0496. The van der Waals surface area contributed by atoms with E-state index >= 15 is 0 Å². The van der Waals surface area contributed by atoms with Gasteiger partial charge in [-0.05, 0) is 31.0 Å². The van der Waals surface area contributed by atoms with Crippen LogP contribution < -0.4 is 5.73 Å². The highest BCUT2D eigenvalue weighted by molar-refractivity contribution is 7.90. The van der Waals surface area contributed by atoms with E-state index in [0.29, 0.717) is 37.4 Å². The highest BCUT2D eigenvalue weighted by Gasteiger charge is 2.33. The molecule has 0 saturated carbocycles. The largest absolute Gasteiger partial charge is 0.381 e. The minimum Gasteiger partial charge on any atom is -0.381 e. The summed E-state index contributed by atoms with van der Waals surface area (Å²) >= 11 is 0. The summed E-state index contributed by atoms with van der Waals surface area (Å²) in [6, 6.07) is 4.87. The Bertz CT molecular complexity index is 745. The Kier molecular flexibility index (Phi) is 3.07. The molecule has 7 heteroatoms. The van der Waals surface area contributed by atoms with Gasteiger partial charge in [-0.2, -0.15) is 0 Å². The van der Waals surface area contributed by atoms with Crippen LogP contribution in [-0.2, 0) is 20.1 Å². The van der Waals surface area contributed by atoms with Crippen LogP contribution in [0.4, 0.5) is 0 Å². The van der Waals surface area contributed by atoms with Crippen molar-refractivity contribution in [2.45, 2.75) is 23.3 Å². The van der Waals surface area contributed by atoms with E-state index in [9.17, 15) is 8.42 Å². The zero-order valence-corrected chi connectivity index (χ0v) is 12.0. The number of fused-ring (bicyclic) bond motifs is 1. The molecule has 0 spiro atoms. The molecule has 0 atom stereocenters. The Morgan fingerprint density at radius 2 is 2.05 bits per heavy atom. The predicted molar refractivity (Wildman–Crippen MR) is 75.1 cm³/mol. The second kappa shape index (κ2) is 4.54. The lowest BCUT2D eigenvalue weighted by atomic mass is 9.91. The lowest BCUT2D eigenvalue weighted by Crippen LogP contribution is -2.43. The molecule has 1 aliphatic heterocycles. The number of benzene rings is 1. The summed E-state index contributed by atoms with van der Waals surface area (Å²) in [6.45, 7) is 1.23. The molecule has 3 N–H and O–H groups in total. The summed E-state index contributed by atoms with van der Waals surface area (Å²) in [7, 11) is -3.22. The molecule has 1 aliphatic rings. The van der Waals surface area contributed by atoms with Crippen LogP contribution in [0.15, 0.2) is 23.1 Å². The van der Waals surface area contributed by atoms with E-state index in [4.69, 9.17) is 10.5 Å². The molecule has 2 heterocycles. The standard InChI is InChI=1S/C13H17N3O3S/c1-20(17,18)9-2-3-10-11(8-9)16-12(15-10)13(14)4-6-19-7-5-13/h2-3,8H,4-7,14H2,1H3,(H,15,16). The number of aromatic amines is 1. The first-order valence-corrected chi connectivity index (χ1v) is 8.35. The molecule has 0 amide bonds. The molecule has 3 rings (SSSR count). The average Bonchev–Trinajstić information content (AvgIpc) is 2.82. The SMILES string of the molecule is CS(=O)(=O)c1ccc2nc(C3(N)CCOCC3)[nH]c2c1. The van der Waals surface area contributed by atoms with E-state index < -0.39 is 15.4 Å². The Labute approximate surface area is 117 Å². The number of aromatic nitrogens is 2. The molecule has 6 nitrogen and oxygen atoms in total. The van der Waals surface area contributed by atoms with Crippen molar-refractivity contribution in [1.82, 2.24) is 9.97 Å². The van der Waals surface area contributed by atoms with Gasteiger partial charge in [-0.15, -0.1) is 0 Å². The van der Waals surface area contributed by atoms with Crippen molar-refractivity contribution in [2.24, 2.45) is 5.73 Å². The van der Waals surface area contributed by atoms with E-state index in [1.54, 1.807) is 18.2 Å². The molecule has 1 fully saturated rings. The van der Waals surface area contributed by atoms with Gasteiger partial charge in [0, 0.05) is 19.5 Å². The highest BCUT2D eigenvalue weighted by Crippen LogP contribution is 2.29. The molecule has 2 aromatic rings. The van der Waals surface area contributed by atoms with Crippen molar-refractivity contribution >= 4 is 20.9 Å². The monoisotopic (exact) mass is 295 g/mol. The molecule has 0 aliphatic carbocycles. The van der Waals surface area contributed by atoms with Gasteiger partial charge in [-0.3, -0.25) is 0 Å². The van der Waals surface area contributed by atoms with E-state index in [-0.39, 0.29) is 4.90 Å². The van der Waals surface area contributed by atoms with Crippen LogP contribution in [0.5, 0.6) is 0 Å². The molecular weight excluding hydrogens is 278 g/mol. The minimum absolute atomic E-state index is 0.276. The maximum atomic E-state index is 11.6. The van der Waals surface area contributed by atoms with Gasteiger partial charge >= 0.3 is 0 Å². The molecule has 20 heavy (non-hydrogen) atoms. The Balaban J connectivity index is 2.07. The molecule has 0 radical (unpaired) electrons. The first-order chi connectivity index (χ1) is 9.38. The average molecular weight is 295 g/mol. The van der Waals surface area contributed by atoms with Gasteiger partial charge in [0.25, 0.3) is 0 Å². The van der Waals surface area contributed by atoms with Crippen LogP contribution in [-0.4, -0.2) is 37.9 Å². The van der Waals surface area contributed by atoms with Crippen LogP contribution in [0.25, 0.3) is 11.0 Å². The van der Waals surface area contributed by atoms with Gasteiger partial charge in [0.15, 0.2) is 9.84 Å². The maximum absolute atomic E-state index is 11.6. The quantitative estimate of drug-likeness (QED) is 0.859. The van der Waals surface area contributed by atoms with Gasteiger partial charge in [-0.25, -0.2) is 13.4 Å². The van der Waals surface area contributed by atoms with Crippen molar-refractivity contribution in [3.63, 3.8) is 0 Å². The van der Waals surface area contributed by atoms with Crippen LogP contribution >= 0.6 is 0 Å². The molecule has 0 unspecified atom stereocenters. The second-order valence-corrected chi connectivity index (χ2v) is 7.32. The number of sulfone groups is 1.